The summed E-state index contributed by atoms with van der Waals surface area (Å²) in [5.41, 5.74) is 1.45. The molecule has 1 aliphatic carbocycles. The summed E-state index contributed by atoms with van der Waals surface area (Å²) in [6.07, 6.45) is 7.86. The molecule has 0 amide bonds. The third-order valence-electron chi connectivity index (χ3n) is 2.20. The zero-order chi connectivity index (χ0) is 8.43. The van der Waals surface area contributed by atoms with Crippen molar-refractivity contribution in [3.8, 4) is 0 Å². The molecule has 0 nitrogen and oxygen atoms in total. The Hall–Kier alpha value is 0.943. The van der Waals surface area contributed by atoms with Crippen LogP contribution in [0.1, 0.15) is 27.7 Å². The van der Waals surface area contributed by atoms with E-state index in [9.17, 15) is 0 Å². The summed E-state index contributed by atoms with van der Waals surface area (Å²) >= 11 is 0. The molecule has 0 fully saturated rings. The molecule has 0 aromatic rings. The summed E-state index contributed by atoms with van der Waals surface area (Å²) in [5, 5.41) is 0. The molecule has 1 unspecified atom stereocenters. The molecule has 0 bridgehead atoms. The van der Waals surface area contributed by atoms with Crippen molar-refractivity contribution in [3.63, 3.8) is 0 Å². The number of halogens is 2. The molecule has 1 aliphatic rings. The van der Waals surface area contributed by atoms with Crippen molar-refractivity contribution in [2.24, 2.45) is 17.8 Å². The minimum Gasteiger partial charge on any atom is -1.00 e. The average Bonchev–Trinajstić information content (AvgIpc) is 2.33. The summed E-state index contributed by atoms with van der Waals surface area (Å²) in [7, 11) is 0. The Kier molecular flexibility index (Phi) is 13.4. The van der Waals surface area contributed by atoms with Gasteiger partial charge < -0.3 is 24.8 Å². The standard InChI is InChI=1S/C11H17.2ClH.Zr/c1-8(2)10-5-6-11(7-10)9(3)4;;;/h5,7-9,11H,1-4H3;2*1H;/q-1;;;+3/p-2. The van der Waals surface area contributed by atoms with Crippen LogP contribution < -0.4 is 24.8 Å². The summed E-state index contributed by atoms with van der Waals surface area (Å²) in [6.45, 7) is 8.94. The molecule has 14 heavy (non-hydrogen) atoms. The second-order valence-corrected chi connectivity index (χ2v) is 3.90. The second kappa shape index (κ2) is 9.19. The molecule has 79 valence electrons. The van der Waals surface area contributed by atoms with Crippen molar-refractivity contribution < 1.29 is 51.0 Å². The van der Waals surface area contributed by atoms with Crippen LogP contribution in [-0.4, -0.2) is 0 Å². The van der Waals surface area contributed by atoms with Crippen LogP contribution in [0.15, 0.2) is 17.7 Å². The van der Waals surface area contributed by atoms with Gasteiger partial charge in [0, 0.05) is 0 Å². The Balaban J connectivity index is -0.000000403. The first kappa shape index (κ1) is 20.4. The fourth-order valence-corrected chi connectivity index (χ4v) is 1.24. The normalized spacial score (nSPS) is 18.4. The van der Waals surface area contributed by atoms with Gasteiger partial charge in [-0.05, 0) is 0 Å². The van der Waals surface area contributed by atoms with E-state index in [0.717, 1.165) is 0 Å². The van der Waals surface area contributed by atoms with Crippen molar-refractivity contribution in [2.45, 2.75) is 27.7 Å². The van der Waals surface area contributed by atoms with Crippen LogP contribution in [0.3, 0.4) is 0 Å². The third-order valence-corrected chi connectivity index (χ3v) is 2.20. The van der Waals surface area contributed by atoms with E-state index in [1.807, 2.05) is 0 Å². The Bertz CT molecular complexity index is 195. The van der Waals surface area contributed by atoms with Crippen molar-refractivity contribution in [2.75, 3.05) is 0 Å². The molecule has 0 saturated heterocycles. The number of rotatable bonds is 2. The van der Waals surface area contributed by atoms with Crippen molar-refractivity contribution in [1.82, 2.24) is 0 Å². The maximum absolute atomic E-state index is 3.37. The van der Waals surface area contributed by atoms with Gasteiger partial charge in [0.15, 0.2) is 0 Å². The van der Waals surface area contributed by atoms with Crippen LogP contribution in [0.2, 0.25) is 0 Å². The fraction of sp³-hybridized carbons (Fsp3) is 0.636. The van der Waals surface area contributed by atoms with E-state index in [-0.39, 0.29) is 51.0 Å². The van der Waals surface area contributed by atoms with E-state index in [4.69, 9.17) is 0 Å². The molecule has 0 spiro atoms. The monoisotopic (exact) mass is 309 g/mol. The zero-order valence-electron chi connectivity index (χ0n) is 9.14. The van der Waals surface area contributed by atoms with Gasteiger partial charge in [0.05, 0.1) is 0 Å². The van der Waals surface area contributed by atoms with E-state index in [2.05, 4.69) is 45.9 Å². The van der Waals surface area contributed by atoms with E-state index in [1.165, 1.54) is 5.57 Å². The van der Waals surface area contributed by atoms with Crippen LogP contribution in [0.25, 0.3) is 0 Å². The molecule has 1 rings (SSSR count). The topological polar surface area (TPSA) is 0 Å². The Morgan fingerprint density at radius 3 is 1.86 bits per heavy atom. The first-order chi connectivity index (χ1) is 5.11. The maximum Gasteiger partial charge on any atom is 3.00 e. The molecule has 0 aliphatic heterocycles. The van der Waals surface area contributed by atoms with Crippen LogP contribution in [0, 0.1) is 23.8 Å². The van der Waals surface area contributed by atoms with E-state index < -0.39 is 0 Å². The third kappa shape index (κ3) is 5.73. The first-order valence-corrected chi connectivity index (χ1v) is 4.42. The van der Waals surface area contributed by atoms with Crippen LogP contribution >= 0.6 is 0 Å². The van der Waals surface area contributed by atoms with Crippen LogP contribution in [-0.2, 0) is 26.2 Å². The van der Waals surface area contributed by atoms with Gasteiger partial charge in [-0.2, -0.15) is 11.6 Å². The van der Waals surface area contributed by atoms with Gasteiger partial charge in [-0.3, -0.25) is 6.08 Å². The van der Waals surface area contributed by atoms with Crippen molar-refractivity contribution >= 4 is 0 Å². The van der Waals surface area contributed by atoms with Gasteiger partial charge >= 0.3 is 26.2 Å². The Labute approximate surface area is 120 Å². The van der Waals surface area contributed by atoms with Crippen molar-refractivity contribution in [1.29, 1.82) is 0 Å². The molecule has 0 saturated carbocycles. The van der Waals surface area contributed by atoms with E-state index in [1.54, 1.807) is 0 Å². The van der Waals surface area contributed by atoms with Crippen LogP contribution in [0.4, 0.5) is 0 Å². The summed E-state index contributed by atoms with van der Waals surface area (Å²) < 4.78 is 0. The predicted molar refractivity (Wildman–Crippen MR) is 49.1 cm³/mol. The Morgan fingerprint density at radius 1 is 1.14 bits per heavy atom. The van der Waals surface area contributed by atoms with Gasteiger partial charge in [0.2, 0.25) is 0 Å². The molecular formula is C11H17Cl2Zr. The van der Waals surface area contributed by atoms with Gasteiger partial charge in [-0.15, -0.1) is 0 Å². The SMILES string of the molecule is CC(C)C1=CC(C(C)C)[C-]=C1.[Cl-].[Cl-].[Zr+3]. The molecule has 1 atom stereocenters. The first-order valence-electron chi connectivity index (χ1n) is 4.42. The summed E-state index contributed by atoms with van der Waals surface area (Å²) in [4.78, 5) is 0. The predicted octanol–water partition coefficient (Wildman–Crippen LogP) is -2.78. The quantitative estimate of drug-likeness (QED) is 0.484. The zero-order valence-corrected chi connectivity index (χ0v) is 13.1. The van der Waals surface area contributed by atoms with Gasteiger partial charge in [-0.25, -0.2) is 6.08 Å². The van der Waals surface area contributed by atoms with Gasteiger partial charge in [-0.1, -0.05) is 45.4 Å². The van der Waals surface area contributed by atoms with Gasteiger partial charge in [0.1, 0.15) is 0 Å². The number of allylic oxidation sites excluding steroid dienone is 4. The van der Waals surface area contributed by atoms with E-state index >= 15 is 0 Å². The Morgan fingerprint density at radius 2 is 1.64 bits per heavy atom. The summed E-state index contributed by atoms with van der Waals surface area (Å²) in [6, 6.07) is 0. The minimum absolute atomic E-state index is 0. The number of hydrogen-bond donors (Lipinski definition) is 0. The fourth-order valence-electron chi connectivity index (χ4n) is 1.24. The largest absolute Gasteiger partial charge is 3.00 e. The molecule has 3 heteroatoms. The molecule has 0 aromatic heterocycles. The second-order valence-electron chi connectivity index (χ2n) is 3.90. The smallest absolute Gasteiger partial charge is 1.00 e. The molecular weight excluding hydrogens is 294 g/mol. The molecule has 1 radical (unpaired) electrons. The van der Waals surface area contributed by atoms with Crippen molar-refractivity contribution in [3.05, 3.63) is 23.8 Å². The number of hydrogen-bond acceptors (Lipinski definition) is 0. The molecule has 0 heterocycles. The molecule has 0 N–H and O–H groups in total. The minimum atomic E-state index is 0. The van der Waals surface area contributed by atoms with Gasteiger partial charge in [0.25, 0.3) is 0 Å². The molecule has 0 aromatic carbocycles. The van der Waals surface area contributed by atoms with Crippen LogP contribution in [0.5, 0.6) is 0 Å². The van der Waals surface area contributed by atoms with E-state index in [0.29, 0.717) is 17.8 Å². The summed E-state index contributed by atoms with van der Waals surface area (Å²) in [5.74, 6) is 1.92. The average molecular weight is 311 g/mol. The maximum atomic E-state index is 3.37.